The van der Waals surface area contributed by atoms with E-state index in [1.807, 2.05) is 0 Å². The molecular formula is C22H19F3O5. The maximum absolute atomic E-state index is 13.1. The molecule has 5 nitrogen and oxygen atoms in total. The van der Waals surface area contributed by atoms with Crippen LogP contribution in [-0.4, -0.2) is 22.9 Å². The molecule has 158 valence electrons. The summed E-state index contributed by atoms with van der Waals surface area (Å²) in [7, 11) is 0. The standard InChI is InChI=1S/C22H19F3O5/c1-21(2,22(23,24)25)30-17(26)12-15(13-8-4-3-5-9-13)18-19(27)14-10-6-7-11-16(14)29-20(18)28/h3-11,15,27H,12H2,1-2H3. The van der Waals surface area contributed by atoms with Crippen LogP contribution in [0.5, 0.6) is 5.75 Å². The highest BCUT2D eigenvalue weighted by molar-refractivity contribution is 5.84. The van der Waals surface area contributed by atoms with Gasteiger partial charge in [0, 0.05) is 5.92 Å². The summed E-state index contributed by atoms with van der Waals surface area (Å²) in [6.07, 6.45) is -5.37. The van der Waals surface area contributed by atoms with Crippen molar-refractivity contribution < 1.29 is 32.2 Å². The largest absolute Gasteiger partial charge is 0.507 e. The van der Waals surface area contributed by atoms with Gasteiger partial charge in [0.25, 0.3) is 0 Å². The molecule has 0 aliphatic carbocycles. The lowest BCUT2D eigenvalue weighted by molar-refractivity contribution is -0.257. The summed E-state index contributed by atoms with van der Waals surface area (Å²) in [5, 5.41) is 11.0. The van der Waals surface area contributed by atoms with Gasteiger partial charge in [-0.25, -0.2) is 4.79 Å². The van der Waals surface area contributed by atoms with Crippen molar-refractivity contribution in [2.75, 3.05) is 0 Å². The zero-order valence-electron chi connectivity index (χ0n) is 16.2. The van der Waals surface area contributed by atoms with E-state index in [2.05, 4.69) is 4.74 Å². The number of rotatable bonds is 5. The van der Waals surface area contributed by atoms with Crippen molar-refractivity contribution in [1.29, 1.82) is 0 Å². The zero-order valence-corrected chi connectivity index (χ0v) is 16.2. The Labute approximate surface area is 169 Å². The summed E-state index contributed by atoms with van der Waals surface area (Å²) in [5.41, 5.74) is -3.22. The number of aromatic hydroxyl groups is 1. The second-order valence-electron chi connectivity index (χ2n) is 7.30. The fourth-order valence-corrected chi connectivity index (χ4v) is 3.08. The van der Waals surface area contributed by atoms with Gasteiger partial charge in [-0.2, -0.15) is 13.2 Å². The summed E-state index contributed by atoms with van der Waals surface area (Å²) < 4.78 is 49.2. The van der Waals surface area contributed by atoms with Gasteiger partial charge in [-0.05, 0) is 31.5 Å². The first-order valence-corrected chi connectivity index (χ1v) is 9.09. The fraction of sp³-hybridized carbons (Fsp3) is 0.273. The average Bonchev–Trinajstić information content (AvgIpc) is 2.66. The molecule has 3 rings (SSSR count). The van der Waals surface area contributed by atoms with E-state index >= 15 is 0 Å². The van der Waals surface area contributed by atoms with Crippen molar-refractivity contribution >= 4 is 16.9 Å². The topological polar surface area (TPSA) is 76.7 Å². The van der Waals surface area contributed by atoms with E-state index in [0.717, 1.165) is 13.8 Å². The predicted molar refractivity (Wildman–Crippen MR) is 103 cm³/mol. The molecule has 3 aromatic rings. The smallest absolute Gasteiger partial charge is 0.427 e. The Morgan fingerprint density at radius 3 is 2.30 bits per heavy atom. The Morgan fingerprint density at radius 1 is 1.07 bits per heavy atom. The van der Waals surface area contributed by atoms with E-state index in [0.29, 0.717) is 5.56 Å². The van der Waals surface area contributed by atoms with Crippen LogP contribution in [-0.2, 0) is 9.53 Å². The first kappa shape index (κ1) is 21.4. The Hall–Kier alpha value is -3.29. The molecule has 0 radical (unpaired) electrons. The molecule has 0 saturated heterocycles. The number of hydrogen-bond acceptors (Lipinski definition) is 5. The Kier molecular flexibility index (Phi) is 5.61. The highest BCUT2D eigenvalue weighted by Crippen LogP contribution is 2.38. The molecular weight excluding hydrogens is 401 g/mol. The molecule has 2 aromatic carbocycles. The monoisotopic (exact) mass is 420 g/mol. The lowest BCUT2D eigenvalue weighted by Gasteiger charge is -2.28. The molecule has 1 N–H and O–H groups in total. The Balaban J connectivity index is 2.07. The predicted octanol–water partition coefficient (Wildman–Crippen LogP) is 4.90. The lowest BCUT2D eigenvalue weighted by atomic mass is 9.88. The van der Waals surface area contributed by atoms with Crippen LogP contribution < -0.4 is 5.63 Å². The van der Waals surface area contributed by atoms with Gasteiger partial charge in [0.15, 0.2) is 0 Å². The van der Waals surface area contributed by atoms with Crippen LogP contribution >= 0.6 is 0 Å². The number of alkyl halides is 3. The summed E-state index contributed by atoms with van der Waals surface area (Å²) in [6, 6.07) is 14.5. The number of esters is 1. The maximum atomic E-state index is 13.1. The fourth-order valence-electron chi connectivity index (χ4n) is 3.08. The van der Waals surface area contributed by atoms with Gasteiger partial charge in [-0.3, -0.25) is 4.79 Å². The van der Waals surface area contributed by atoms with E-state index in [1.54, 1.807) is 42.5 Å². The molecule has 0 fully saturated rings. The number of halogens is 3. The second kappa shape index (κ2) is 7.85. The highest BCUT2D eigenvalue weighted by Gasteiger charge is 2.51. The van der Waals surface area contributed by atoms with Gasteiger partial charge in [-0.1, -0.05) is 42.5 Å². The number of carbonyl (C=O) groups is 1. The number of benzene rings is 2. The van der Waals surface area contributed by atoms with Gasteiger partial charge < -0.3 is 14.3 Å². The number of carbonyl (C=O) groups excluding carboxylic acids is 1. The van der Waals surface area contributed by atoms with E-state index < -0.39 is 41.5 Å². The molecule has 0 spiro atoms. The number of ether oxygens (including phenoxy) is 1. The molecule has 8 heteroatoms. The Bertz CT molecular complexity index is 1120. The number of hydrogen-bond donors (Lipinski definition) is 1. The summed E-state index contributed by atoms with van der Waals surface area (Å²) in [6.45, 7) is 1.48. The van der Waals surface area contributed by atoms with Crippen LogP contribution in [0.15, 0.2) is 63.8 Å². The molecule has 0 bridgehead atoms. The van der Waals surface area contributed by atoms with E-state index in [4.69, 9.17) is 4.42 Å². The Morgan fingerprint density at radius 2 is 1.67 bits per heavy atom. The van der Waals surface area contributed by atoms with Crippen molar-refractivity contribution in [3.63, 3.8) is 0 Å². The van der Waals surface area contributed by atoms with Gasteiger partial charge >= 0.3 is 17.8 Å². The van der Waals surface area contributed by atoms with Crippen molar-refractivity contribution in [1.82, 2.24) is 0 Å². The van der Waals surface area contributed by atoms with Crippen molar-refractivity contribution in [2.24, 2.45) is 0 Å². The second-order valence-corrected chi connectivity index (χ2v) is 7.30. The zero-order chi connectivity index (χ0) is 22.1. The summed E-state index contributed by atoms with van der Waals surface area (Å²) in [4.78, 5) is 25.0. The van der Waals surface area contributed by atoms with Crippen molar-refractivity contribution in [3.05, 3.63) is 76.1 Å². The summed E-state index contributed by atoms with van der Waals surface area (Å²) >= 11 is 0. The molecule has 1 aromatic heterocycles. The first-order chi connectivity index (χ1) is 14.0. The molecule has 1 atom stereocenters. The minimum atomic E-state index is -4.77. The highest BCUT2D eigenvalue weighted by atomic mass is 19.4. The third-order valence-electron chi connectivity index (χ3n) is 4.79. The third-order valence-corrected chi connectivity index (χ3v) is 4.79. The number of fused-ring (bicyclic) bond motifs is 1. The van der Waals surface area contributed by atoms with E-state index in [9.17, 15) is 27.9 Å². The van der Waals surface area contributed by atoms with Crippen molar-refractivity contribution in [3.8, 4) is 5.75 Å². The molecule has 0 saturated carbocycles. The van der Waals surface area contributed by atoms with E-state index in [-0.39, 0.29) is 16.5 Å². The maximum Gasteiger partial charge on any atom is 0.427 e. The third kappa shape index (κ3) is 4.17. The van der Waals surface area contributed by atoms with Crippen LogP contribution in [0.4, 0.5) is 13.2 Å². The first-order valence-electron chi connectivity index (χ1n) is 9.09. The SMILES string of the molecule is CC(C)(OC(=O)CC(c1ccccc1)c1c(O)c2ccccc2oc1=O)C(F)(F)F. The molecule has 0 amide bonds. The molecule has 0 aliphatic heterocycles. The van der Waals surface area contributed by atoms with Crippen LogP contribution in [0.3, 0.4) is 0 Å². The lowest BCUT2D eigenvalue weighted by Crippen LogP contribution is -2.43. The van der Waals surface area contributed by atoms with Crippen LogP contribution in [0, 0.1) is 0 Å². The molecule has 0 aliphatic rings. The molecule has 1 unspecified atom stereocenters. The van der Waals surface area contributed by atoms with Crippen molar-refractivity contribution in [2.45, 2.75) is 38.0 Å². The van der Waals surface area contributed by atoms with Gasteiger partial charge in [0.1, 0.15) is 11.3 Å². The van der Waals surface area contributed by atoms with Gasteiger partial charge in [0.2, 0.25) is 5.60 Å². The van der Waals surface area contributed by atoms with Crippen LogP contribution in [0.1, 0.15) is 37.3 Å². The minimum absolute atomic E-state index is 0.149. The molecule has 1 heterocycles. The van der Waals surface area contributed by atoms with Gasteiger partial charge in [-0.15, -0.1) is 0 Å². The quantitative estimate of drug-likeness (QED) is 0.469. The van der Waals surface area contributed by atoms with Gasteiger partial charge in [0.05, 0.1) is 17.4 Å². The normalized spacial score (nSPS) is 13.2. The van der Waals surface area contributed by atoms with Crippen LogP contribution in [0.25, 0.3) is 11.0 Å². The average molecular weight is 420 g/mol. The van der Waals surface area contributed by atoms with Crippen LogP contribution in [0.2, 0.25) is 0 Å². The minimum Gasteiger partial charge on any atom is -0.507 e. The molecule has 30 heavy (non-hydrogen) atoms. The number of para-hydroxylation sites is 1. The summed E-state index contributed by atoms with van der Waals surface area (Å²) in [5.74, 6) is -2.62. The van der Waals surface area contributed by atoms with E-state index in [1.165, 1.54) is 12.1 Å².